The Kier molecular flexibility index (Phi) is 7.74. The largest absolute Gasteiger partial charge is 0.304 e. The number of pyridine rings is 3. The van der Waals surface area contributed by atoms with Gasteiger partial charge in [0.1, 0.15) is 17.0 Å². The fourth-order valence-electron chi connectivity index (χ4n) is 4.59. The van der Waals surface area contributed by atoms with Crippen LogP contribution >= 0.6 is 0 Å². The molecule has 6 nitrogen and oxygen atoms in total. The van der Waals surface area contributed by atoms with Gasteiger partial charge < -0.3 is 4.40 Å². The van der Waals surface area contributed by atoms with Gasteiger partial charge in [0.05, 0.1) is 28.5 Å². The van der Waals surface area contributed by atoms with E-state index in [1.54, 1.807) is 12.4 Å². The first-order chi connectivity index (χ1) is 20.7. The first-order valence-electron chi connectivity index (χ1n) is 13.7. The lowest BCUT2D eigenvalue weighted by atomic mass is 10.1. The number of allylic oxidation sites excluding steroid dienone is 8. The van der Waals surface area contributed by atoms with E-state index in [0.29, 0.717) is 0 Å². The molecular formula is C36H28N6. The molecule has 0 N–H and O–H groups in total. The minimum Gasteiger partial charge on any atom is -0.304 e. The fraction of sp³-hybridized carbons (Fsp3) is 0.0833. The van der Waals surface area contributed by atoms with Crippen molar-refractivity contribution >= 4 is 17.3 Å². The lowest BCUT2D eigenvalue weighted by molar-refractivity contribution is 1.03. The van der Waals surface area contributed by atoms with Crippen LogP contribution in [0.3, 0.4) is 0 Å². The SMILES string of the molecule is C/C1=C/Cc2nc(-c3ccccn3)c(-c3ccccn3)nc2C=C=C1.Cc1cccc2nc(C3=CC=C=CC=C3)cn12. The number of fused-ring (bicyclic) bond motifs is 2. The van der Waals surface area contributed by atoms with E-state index in [4.69, 9.17) is 9.97 Å². The lowest BCUT2D eigenvalue weighted by Gasteiger charge is -2.12. The minimum atomic E-state index is 0.727. The van der Waals surface area contributed by atoms with Crippen LogP contribution in [0.5, 0.6) is 0 Å². The zero-order chi connectivity index (χ0) is 28.7. The molecule has 5 aromatic rings. The van der Waals surface area contributed by atoms with Crippen molar-refractivity contribution in [2.45, 2.75) is 20.3 Å². The van der Waals surface area contributed by atoms with Crippen LogP contribution in [-0.4, -0.2) is 29.3 Å². The summed E-state index contributed by atoms with van der Waals surface area (Å²) >= 11 is 0. The van der Waals surface area contributed by atoms with Gasteiger partial charge >= 0.3 is 0 Å². The molecular weight excluding hydrogens is 516 g/mol. The normalized spacial score (nSPS) is 14.6. The summed E-state index contributed by atoms with van der Waals surface area (Å²) in [6.45, 7) is 4.14. The first kappa shape index (κ1) is 26.5. The summed E-state index contributed by atoms with van der Waals surface area (Å²) in [5.74, 6) is 0. The van der Waals surface area contributed by atoms with Crippen LogP contribution < -0.4 is 0 Å². The van der Waals surface area contributed by atoms with E-state index in [9.17, 15) is 0 Å². The Hall–Kier alpha value is -5.67. The number of hydrogen-bond donors (Lipinski definition) is 0. The Morgan fingerprint density at radius 3 is 2.26 bits per heavy atom. The summed E-state index contributed by atoms with van der Waals surface area (Å²) in [6, 6.07) is 17.7. The summed E-state index contributed by atoms with van der Waals surface area (Å²) in [7, 11) is 0. The van der Waals surface area contributed by atoms with Crippen LogP contribution in [0.1, 0.15) is 29.7 Å². The lowest BCUT2D eigenvalue weighted by Crippen LogP contribution is -2.04. The van der Waals surface area contributed by atoms with E-state index in [-0.39, 0.29) is 0 Å². The third kappa shape index (κ3) is 5.91. The molecule has 0 aliphatic heterocycles. The number of nitrogens with zero attached hydrogens (tertiary/aromatic N) is 6. The van der Waals surface area contributed by atoms with E-state index in [1.165, 1.54) is 5.69 Å². The van der Waals surface area contributed by atoms with Gasteiger partial charge in [-0.15, -0.1) is 11.5 Å². The molecule has 2 aliphatic rings. The third-order valence-corrected chi connectivity index (χ3v) is 6.78. The van der Waals surface area contributed by atoms with E-state index >= 15 is 0 Å². The van der Waals surface area contributed by atoms with Crippen molar-refractivity contribution in [2.75, 3.05) is 0 Å². The van der Waals surface area contributed by atoms with Crippen LogP contribution in [0, 0.1) is 6.92 Å². The summed E-state index contributed by atoms with van der Waals surface area (Å²) in [4.78, 5) is 23.3. The van der Waals surface area contributed by atoms with Gasteiger partial charge in [-0.05, 0) is 80.1 Å². The van der Waals surface area contributed by atoms with Crippen molar-refractivity contribution in [1.29, 1.82) is 0 Å². The average Bonchev–Trinajstić information content (AvgIpc) is 3.28. The second-order valence-electron chi connectivity index (χ2n) is 9.79. The summed E-state index contributed by atoms with van der Waals surface area (Å²) in [5, 5.41) is 0. The van der Waals surface area contributed by atoms with Crippen molar-refractivity contribution in [1.82, 2.24) is 29.3 Å². The molecule has 0 saturated heterocycles. The fourth-order valence-corrected chi connectivity index (χ4v) is 4.59. The second kappa shape index (κ2) is 12.2. The highest BCUT2D eigenvalue weighted by atomic mass is 15.0. The predicted octanol–water partition coefficient (Wildman–Crippen LogP) is 7.58. The van der Waals surface area contributed by atoms with Crippen LogP contribution in [-0.2, 0) is 6.42 Å². The molecule has 0 amide bonds. The van der Waals surface area contributed by atoms with E-state index in [1.807, 2.05) is 91.1 Å². The number of hydrogen-bond acceptors (Lipinski definition) is 5. The van der Waals surface area contributed by atoms with E-state index < -0.39 is 0 Å². The standard InChI is InChI=1S/C21H16N4.C15H12N2/c1-15-7-6-10-16-17(12-11-15)25-21(19-9-3-5-14-23-19)20(24-16)18-8-2-4-13-22-18;1-12-7-6-10-15-16-14(11-17(12)15)13-8-4-2-3-5-9-13/h2-5,7-11,13-14H,12H2,1H3;2,4-11H,1H3/b15-11-;. The topological polar surface area (TPSA) is 68.9 Å². The highest BCUT2D eigenvalue weighted by molar-refractivity contribution is 5.76. The molecule has 42 heavy (non-hydrogen) atoms. The molecule has 0 spiro atoms. The van der Waals surface area contributed by atoms with Crippen molar-refractivity contribution in [3.63, 3.8) is 0 Å². The Morgan fingerprint density at radius 1 is 0.738 bits per heavy atom. The van der Waals surface area contributed by atoms with Gasteiger partial charge in [0, 0.05) is 42.4 Å². The summed E-state index contributed by atoms with van der Waals surface area (Å²) < 4.78 is 2.10. The van der Waals surface area contributed by atoms with Crippen molar-refractivity contribution < 1.29 is 0 Å². The van der Waals surface area contributed by atoms with Crippen LogP contribution in [0.25, 0.3) is 40.1 Å². The minimum absolute atomic E-state index is 0.727. The average molecular weight is 545 g/mol. The number of aromatic nitrogens is 6. The first-order valence-corrected chi connectivity index (χ1v) is 13.7. The molecule has 2 aliphatic carbocycles. The van der Waals surface area contributed by atoms with Crippen molar-refractivity contribution in [3.05, 3.63) is 156 Å². The van der Waals surface area contributed by atoms with Crippen LogP contribution in [0.2, 0.25) is 0 Å². The monoisotopic (exact) mass is 544 g/mol. The molecule has 0 unspecified atom stereocenters. The van der Waals surface area contributed by atoms with Gasteiger partial charge in [0.15, 0.2) is 0 Å². The number of rotatable bonds is 3. The Bertz CT molecular complexity index is 1980. The van der Waals surface area contributed by atoms with Gasteiger partial charge in [-0.2, -0.15) is 0 Å². The zero-order valence-corrected chi connectivity index (χ0v) is 23.4. The maximum Gasteiger partial charge on any atom is 0.137 e. The van der Waals surface area contributed by atoms with Gasteiger partial charge in [-0.3, -0.25) is 9.97 Å². The Labute approximate surface area is 244 Å². The van der Waals surface area contributed by atoms with E-state index in [0.717, 1.165) is 63.1 Å². The van der Waals surface area contributed by atoms with Gasteiger partial charge in [0.25, 0.3) is 0 Å². The molecule has 0 fully saturated rings. The Morgan fingerprint density at radius 2 is 1.52 bits per heavy atom. The zero-order valence-electron chi connectivity index (χ0n) is 23.4. The van der Waals surface area contributed by atoms with Gasteiger partial charge in [0.2, 0.25) is 0 Å². The highest BCUT2D eigenvalue weighted by Crippen LogP contribution is 2.28. The molecule has 7 rings (SSSR count). The smallest absolute Gasteiger partial charge is 0.137 e. The second-order valence-corrected chi connectivity index (χ2v) is 9.79. The van der Waals surface area contributed by atoms with Crippen LogP contribution in [0.15, 0.2) is 133 Å². The number of imidazole rings is 1. The van der Waals surface area contributed by atoms with Gasteiger partial charge in [-0.25, -0.2) is 15.0 Å². The molecule has 0 aromatic carbocycles. The maximum atomic E-state index is 4.90. The highest BCUT2D eigenvalue weighted by Gasteiger charge is 2.17. The summed E-state index contributed by atoms with van der Waals surface area (Å²) in [6.07, 6.45) is 22.2. The van der Waals surface area contributed by atoms with E-state index in [2.05, 4.69) is 63.0 Å². The van der Waals surface area contributed by atoms with Crippen molar-refractivity contribution in [3.8, 4) is 22.8 Å². The molecule has 202 valence electrons. The molecule has 0 atom stereocenters. The van der Waals surface area contributed by atoms with Crippen molar-refractivity contribution in [2.24, 2.45) is 0 Å². The molecule has 6 heteroatoms. The molecule has 0 bridgehead atoms. The maximum absolute atomic E-state index is 4.90. The summed E-state index contributed by atoms with van der Waals surface area (Å²) in [5.41, 5.74) is 16.4. The molecule has 5 aromatic heterocycles. The van der Waals surface area contributed by atoms with Crippen LogP contribution in [0.4, 0.5) is 0 Å². The molecule has 5 heterocycles. The van der Waals surface area contributed by atoms with Gasteiger partial charge in [-0.1, -0.05) is 36.4 Å². The molecule has 0 radical (unpaired) electrons. The quantitative estimate of drug-likeness (QED) is 0.219. The molecule has 0 saturated carbocycles. The predicted molar refractivity (Wildman–Crippen MR) is 168 cm³/mol. The number of aryl methyl sites for hydroxylation is 1. The third-order valence-electron chi connectivity index (χ3n) is 6.78. The Balaban J connectivity index is 0.000000162.